The van der Waals surface area contributed by atoms with E-state index < -0.39 is 11.9 Å². The maximum Gasteiger partial charge on any atom is 0.307 e. The molecule has 0 aromatic heterocycles. The molecule has 0 aliphatic heterocycles. The zero-order chi connectivity index (χ0) is 9.84. The summed E-state index contributed by atoms with van der Waals surface area (Å²) in [5, 5.41) is 11.4. The molecule has 1 rings (SSSR count). The van der Waals surface area contributed by atoms with Gasteiger partial charge in [0.15, 0.2) is 0 Å². The Morgan fingerprint density at radius 3 is 2.54 bits per heavy atom. The summed E-state index contributed by atoms with van der Waals surface area (Å²) < 4.78 is 0. The fraction of sp³-hybridized carbons (Fsp3) is 0.778. The summed E-state index contributed by atoms with van der Waals surface area (Å²) in [5.41, 5.74) is 0. The van der Waals surface area contributed by atoms with Gasteiger partial charge in [0.25, 0.3) is 0 Å². The molecule has 0 bridgehead atoms. The predicted octanol–water partition coefficient (Wildman–Crippen LogP) is 0.623. The molecule has 1 saturated carbocycles. The molecule has 2 N–H and O–H groups in total. The number of hydrogen-bond acceptors (Lipinski definition) is 2. The number of aliphatic carboxylic acids is 1. The zero-order valence-electron chi connectivity index (χ0n) is 7.75. The summed E-state index contributed by atoms with van der Waals surface area (Å²) in [6, 6.07) is 0. The Kier molecular flexibility index (Phi) is 3.28. The molecule has 1 amide bonds. The molecule has 1 fully saturated rings. The van der Waals surface area contributed by atoms with E-state index in [-0.39, 0.29) is 18.2 Å². The second-order valence-corrected chi connectivity index (χ2v) is 3.44. The number of nitrogens with one attached hydrogen (secondary N) is 1. The normalized spacial score (nSPS) is 17.9. The van der Waals surface area contributed by atoms with Gasteiger partial charge < -0.3 is 10.4 Å². The zero-order valence-corrected chi connectivity index (χ0v) is 7.75. The summed E-state index contributed by atoms with van der Waals surface area (Å²) in [6.07, 6.45) is 2.04. The van der Waals surface area contributed by atoms with Gasteiger partial charge in [-0.25, -0.2) is 0 Å². The molecule has 1 aliphatic rings. The number of carboxylic acid groups (broad SMARTS) is 1. The maximum absolute atomic E-state index is 11.1. The van der Waals surface area contributed by atoms with Crippen molar-refractivity contribution in [2.75, 3.05) is 6.54 Å². The van der Waals surface area contributed by atoms with Crippen molar-refractivity contribution in [3.63, 3.8) is 0 Å². The lowest BCUT2D eigenvalue weighted by Gasteiger charge is -2.09. The minimum absolute atomic E-state index is 0.133. The van der Waals surface area contributed by atoms with Crippen LogP contribution in [0.2, 0.25) is 0 Å². The van der Waals surface area contributed by atoms with Gasteiger partial charge in [-0.2, -0.15) is 0 Å². The third-order valence-electron chi connectivity index (χ3n) is 2.29. The molecule has 0 radical (unpaired) electrons. The van der Waals surface area contributed by atoms with Gasteiger partial charge in [-0.1, -0.05) is 0 Å². The van der Waals surface area contributed by atoms with Crippen molar-refractivity contribution in [1.29, 1.82) is 0 Å². The van der Waals surface area contributed by atoms with Crippen LogP contribution in [0.3, 0.4) is 0 Å². The maximum atomic E-state index is 11.1. The van der Waals surface area contributed by atoms with Crippen molar-refractivity contribution in [3.05, 3.63) is 0 Å². The van der Waals surface area contributed by atoms with Crippen molar-refractivity contribution in [1.82, 2.24) is 5.32 Å². The standard InChI is InChI=1S/C9H15NO3/c1-2-10-8(11)5-7(9(12)13)6-3-4-6/h6-7H,2-5H2,1H3,(H,10,11)(H,12,13). The van der Waals surface area contributed by atoms with Crippen molar-refractivity contribution in [3.8, 4) is 0 Å². The third kappa shape index (κ3) is 3.05. The molecule has 4 heteroatoms. The van der Waals surface area contributed by atoms with Crippen LogP contribution in [0.5, 0.6) is 0 Å². The fourth-order valence-electron chi connectivity index (χ4n) is 1.42. The summed E-state index contributed by atoms with van der Waals surface area (Å²) in [7, 11) is 0. The van der Waals surface area contributed by atoms with E-state index in [9.17, 15) is 9.59 Å². The average Bonchev–Trinajstić information content (AvgIpc) is 2.82. The van der Waals surface area contributed by atoms with Gasteiger partial charge in [-0.3, -0.25) is 9.59 Å². The summed E-state index contributed by atoms with van der Waals surface area (Å²) in [5.74, 6) is -1.22. The van der Waals surface area contributed by atoms with Crippen LogP contribution in [0.15, 0.2) is 0 Å². The first-order valence-corrected chi connectivity index (χ1v) is 4.64. The SMILES string of the molecule is CCNC(=O)CC(C(=O)O)C1CC1. The van der Waals surface area contributed by atoms with Gasteiger partial charge in [-0.15, -0.1) is 0 Å². The van der Waals surface area contributed by atoms with Crippen molar-refractivity contribution >= 4 is 11.9 Å². The number of rotatable bonds is 5. The molecule has 0 aromatic carbocycles. The number of amides is 1. The Bertz CT molecular complexity index is 211. The molecule has 1 atom stereocenters. The van der Waals surface area contributed by atoms with E-state index in [2.05, 4.69) is 5.32 Å². The van der Waals surface area contributed by atoms with Gasteiger partial charge in [0, 0.05) is 13.0 Å². The molecule has 1 aliphatic carbocycles. The largest absolute Gasteiger partial charge is 0.481 e. The van der Waals surface area contributed by atoms with Crippen LogP contribution in [0.25, 0.3) is 0 Å². The lowest BCUT2D eigenvalue weighted by molar-refractivity contribution is -0.144. The van der Waals surface area contributed by atoms with Crippen molar-refractivity contribution in [2.24, 2.45) is 11.8 Å². The summed E-state index contributed by atoms with van der Waals surface area (Å²) in [4.78, 5) is 21.9. The molecule has 0 heterocycles. The summed E-state index contributed by atoms with van der Waals surface area (Å²) >= 11 is 0. The predicted molar refractivity (Wildman–Crippen MR) is 47.2 cm³/mol. The number of hydrogen-bond donors (Lipinski definition) is 2. The van der Waals surface area contributed by atoms with E-state index in [0.29, 0.717) is 6.54 Å². The Labute approximate surface area is 77.3 Å². The molecule has 1 unspecified atom stereocenters. The number of carboxylic acids is 1. The van der Waals surface area contributed by atoms with Gasteiger partial charge in [0.2, 0.25) is 5.91 Å². The van der Waals surface area contributed by atoms with E-state index in [4.69, 9.17) is 5.11 Å². The second kappa shape index (κ2) is 4.25. The van der Waals surface area contributed by atoms with Crippen LogP contribution in [-0.4, -0.2) is 23.5 Å². The first-order chi connectivity index (χ1) is 6.15. The lowest BCUT2D eigenvalue weighted by Crippen LogP contribution is -2.28. The van der Waals surface area contributed by atoms with Gasteiger partial charge in [-0.05, 0) is 25.7 Å². The average molecular weight is 185 g/mol. The van der Waals surface area contributed by atoms with Crippen LogP contribution >= 0.6 is 0 Å². The first kappa shape index (κ1) is 10.0. The minimum atomic E-state index is -0.839. The molecular weight excluding hydrogens is 170 g/mol. The van der Waals surface area contributed by atoms with Gasteiger partial charge in [0.1, 0.15) is 0 Å². The smallest absolute Gasteiger partial charge is 0.307 e. The summed E-state index contributed by atoms with van der Waals surface area (Å²) in [6.45, 7) is 2.39. The third-order valence-corrected chi connectivity index (χ3v) is 2.29. The minimum Gasteiger partial charge on any atom is -0.481 e. The van der Waals surface area contributed by atoms with Crippen molar-refractivity contribution in [2.45, 2.75) is 26.2 Å². The van der Waals surface area contributed by atoms with Crippen LogP contribution in [0.1, 0.15) is 26.2 Å². The molecule has 4 nitrogen and oxygen atoms in total. The first-order valence-electron chi connectivity index (χ1n) is 4.64. The highest BCUT2D eigenvalue weighted by Crippen LogP contribution is 2.38. The highest BCUT2D eigenvalue weighted by Gasteiger charge is 2.37. The second-order valence-electron chi connectivity index (χ2n) is 3.44. The highest BCUT2D eigenvalue weighted by atomic mass is 16.4. The molecule has 0 saturated heterocycles. The Balaban J connectivity index is 2.37. The topological polar surface area (TPSA) is 66.4 Å². The number of carbonyl (C=O) groups excluding carboxylic acids is 1. The quantitative estimate of drug-likeness (QED) is 0.660. The lowest BCUT2D eigenvalue weighted by atomic mass is 10.00. The van der Waals surface area contributed by atoms with Crippen LogP contribution < -0.4 is 5.32 Å². The number of carbonyl (C=O) groups is 2. The Hall–Kier alpha value is -1.06. The monoisotopic (exact) mass is 185 g/mol. The van der Waals surface area contributed by atoms with E-state index >= 15 is 0 Å². The van der Waals surface area contributed by atoms with E-state index in [1.807, 2.05) is 6.92 Å². The van der Waals surface area contributed by atoms with Crippen molar-refractivity contribution < 1.29 is 14.7 Å². The van der Waals surface area contributed by atoms with E-state index in [1.165, 1.54) is 0 Å². The van der Waals surface area contributed by atoms with Crippen LogP contribution in [0, 0.1) is 11.8 Å². The van der Waals surface area contributed by atoms with Crippen LogP contribution in [0.4, 0.5) is 0 Å². The molecule has 0 aromatic rings. The van der Waals surface area contributed by atoms with Crippen LogP contribution in [-0.2, 0) is 9.59 Å². The highest BCUT2D eigenvalue weighted by molar-refractivity contribution is 5.82. The Morgan fingerprint density at radius 2 is 2.15 bits per heavy atom. The van der Waals surface area contributed by atoms with Gasteiger partial charge in [0.05, 0.1) is 5.92 Å². The Morgan fingerprint density at radius 1 is 1.54 bits per heavy atom. The fourth-order valence-corrected chi connectivity index (χ4v) is 1.42. The van der Waals surface area contributed by atoms with E-state index in [0.717, 1.165) is 12.8 Å². The van der Waals surface area contributed by atoms with Gasteiger partial charge >= 0.3 is 5.97 Å². The molecule has 13 heavy (non-hydrogen) atoms. The molecule has 74 valence electrons. The van der Waals surface area contributed by atoms with E-state index in [1.54, 1.807) is 0 Å². The molecule has 0 spiro atoms. The molecular formula is C9H15NO3.